The standard InChI is InChI=1S/C12H11N3O/c1-2-3-8-11(16)15-12-13-9-6-4-5-7-10(9)14-12/h1,4-7H,3,8H2,(H2,13,14,15,16). The van der Waals surface area contributed by atoms with Crippen molar-refractivity contribution in [2.24, 2.45) is 0 Å². The van der Waals surface area contributed by atoms with Crippen LogP contribution < -0.4 is 5.32 Å². The first kappa shape index (κ1) is 10.2. The van der Waals surface area contributed by atoms with Gasteiger partial charge in [0, 0.05) is 12.8 Å². The van der Waals surface area contributed by atoms with Crippen molar-refractivity contribution < 1.29 is 4.79 Å². The number of aromatic amines is 1. The van der Waals surface area contributed by atoms with Crippen LogP contribution in [0, 0.1) is 12.3 Å². The molecule has 0 saturated heterocycles. The molecule has 0 unspecified atom stereocenters. The maximum Gasteiger partial charge on any atom is 0.227 e. The molecule has 2 aromatic rings. The molecule has 0 spiro atoms. The summed E-state index contributed by atoms with van der Waals surface area (Å²) in [4.78, 5) is 18.6. The Morgan fingerprint density at radius 3 is 3.06 bits per heavy atom. The van der Waals surface area contributed by atoms with E-state index in [1.165, 1.54) is 0 Å². The number of para-hydroxylation sites is 2. The van der Waals surface area contributed by atoms with Gasteiger partial charge in [0.15, 0.2) is 0 Å². The highest BCUT2D eigenvalue weighted by atomic mass is 16.1. The molecule has 1 aromatic carbocycles. The molecular weight excluding hydrogens is 202 g/mol. The number of H-pyrrole nitrogens is 1. The van der Waals surface area contributed by atoms with Gasteiger partial charge in [-0.2, -0.15) is 0 Å². The van der Waals surface area contributed by atoms with Crippen LogP contribution in [0.2, 0.25) is 0 Å². The minimum Gasteiger partial charge on any atom is -0.324 e. The van der Waals surface area contributed by atoms with Gasteiger partial charge in [-0.1, -0.05) is 12.1 Å². The molecule has 0 atom stereocenters. The molecule has 4 heteroatoms. The van der Waals surface area contributed by atoms with E-state index in [2.05, 4.69) is 21.2 Å². The van der Waals surface area contributed by atoms with E-state index in [0.717, 1.165) is 11.0 Å². The zero-order valence-corrected chi connectivity index (χ0v) is 8.66. The summed E-state index contributed by atoms with van der Waals surface area (Å²) in [6.07, 6.45) is 5.83. The van der Waals surface area contributed by atoms with Gasteiger partial charge in [-0.05, 0) is 12.1 Å². The lowest BCUT2D eigenvalue weighted by molar-refractivity contribution is -0.116. The monoisotopic (exact) mass is 213 g/mol. The molecule has 1 amide bonds. The third kappa shape index (κ3) is 2.20. The minimum absolute atomic E-state index is 0.128. The van der Waals surface area contributed by atoms with Crippen LogP contribution >= 0.6 is 0 Å². The smallest absolute Gasteiger partial charge is 0.227 e. The molecule has 4 nitrogen and oxygen atoms in total. The summed E-state index contributed by atoms with van der Waals surface area (Å²) in [5.74, 6) is 2.75. The second kappa shape index (κ2) is 4.49. The van der Waals surface area contributed by atoms with E-state index in [1.807, 2.05) is 24.3 Å². The molecule has 0 radical (unpaired) electrons. The summed E-state index contributed by atoms with van der Waals surface area (Å²) in [6.45, 7) is 0. The average molecular weight is 213 g/mol. The van der Waals surface area contributed by atoms with Crippen LogP contribution in [0.5, 0.6) is 0 Å². The van der Waals surface area contributed by atoms with Crippen molar-refractivity contribution in [3.8, 4) is 12.3 Å². The minimum atomic E-state index is -0.128. The fourth-order valence-electron chi connectivity index (χ4n) is 1.39. The number of nitrogens with one attached hydrogen (secondary N) is 2. The number of fused-ring (bicyclic) bond motifs is 1. The van der Waals surface area contributed by atoms with Gasteiger partial charge in [0.1, 0.15) is 0 Å². The first-order chi connectivity index (χ1) is 7.79. The first-order valence-corrected chi connectivity index (χ1v) is 4.97. The molecule has 0 aliphatic heterocycles. The Balaban J connectivity index is 2.10. The van der Waals surface area contributed by atoms with E-state index < -0.39 is 0 Å². The van der Waals surface area contributed by atoms with Gasteiger partial charge < -0.3 is 4.98 Å². The number of aromatic nitrogens is 2. The van der Waals surface area contributed by atoms with Crippen LogP contribution in [0.1, 0.15) is 12.8 Å². The van der Waals surface area contributed by atoms with Crippen molar-refractivity contribution in [3.63, 3.8) is 0 Å². The fourth-order valence-corrected chi connectivity index (χ4v) is 1.39. The molecule has 2 rings (SSSR count). The molecule has 0 fully saturated rings. The Morgan fingerprint density at radius 1 is 1.50 bits per heavy atom. The number of amides is 1. The predicted molar refractivity (Wildman–Crippen MR) is 62.8 cm³/mol. The number of nitrogens with zero attached hydrogens (tertiary/aromatic N) is 1. The number of carbonyl (C=O) groups is 1. The van der Waals surface area contributed by atoms with E-state index in [-0.39, 0.29) is 5.91 Å². The van der Waals surface area contributed by atoms with Gasteiger partial charge in [-0.25, -0.2) is 4.98 Å². The zero-order valence-electron chi connectivity index (χ0n) is 8.66. The number of hydrogen-bond acceptors (Lipinski definition) is 2. The molecule has 0 aliphatic carbocycles. The molecule has 0 saturated carbocycles. The molecule has 0 bridgehead atoms. The molecule has 16 heavy (non-hydrogen) atoms. The van der Waals surface area contributed by atoms with Crippen LogP contribution in [-0.2, 0) is 4.79 Å². The van der Waals surface area contributed by atoms with Crippen LogP contribution in [-0.4, -0.2) is 15.9 Å². The quantitative estimate of drug-likeness (QED) is 0.765. The van der Waals surface area contributed by atoms with Crippen molar-refractivity contribution in [3.05, 3.63) is 24.3 Å². The first-order valence-electron chi connectivity index (χ1n) is 4.97. The Bertz CT molecular complexity index is 518. The number of hydrogen-bond donors (Lipinski definition) is 2. The average Bonchev–Trinajstić information content (AvgIpc) is 2.68. The number of imidazole rings is 1. The van der Waals surface area contributed by atoms with Crippen molar-refractivity contribution in [1.82, 2.24) is 9.97 Å². The Kier molecular flexibility index (Phi) is 2.88. The second-order valence-electron chi connectivity index (χ2n) is 3.35. The topological polar surface area (TPSA) is 57.8 Å². The fraction of sp³-hybridized carbons (Fsp3) is 0.167. The van der Waals surface area contributed by atoms with Crippen LogP contribution in [0.15, 0.2) is 24.3 Å². The van der Waals surface area contributed by atoms with Gasteiger partial charge in [-0.15, -0.1) is 12.3 Å². The highest BCUT2D eigenvalue weighted by Crippen LogP contribution is 2.13. The summed E-state index contributed by atoms with van der Waals surface area (Å²) >= 11 is 0. The lowest BCUT2D eigenvalue weighted by Gasteiger charge is -1.97. The van der Waals surface area contributed by atoms with Crippen LogP contribution in [0.25, 0.3) is 11.0 Å². The van der Waals surface area contributed by atoms with Crippen molar-refractivity contribution >= 4 is 22.9 Å². The summed E-state index contributed by atoms with van der Waals surface area (Å²) in [6, 6.07) is 7.58. The van der Waals surface area contributed by atoms with Crippen molar-refractivity contribution in [2.75, 3.05) is 5.32 Å². The molecule has 2 N–H and O–H groups in total. The molecule has 80 valence electrons. The number of rotatable bonds is 3. The Labute approximate surface area is 93.1 Å². The van der Waals surface area contributed by atoms with Gasteiger partial charge in [0.25, 0.3) is 0 Å². The van der Waals surface area contributed by atoms with E-state index in [9.17, 15) is 4.79 Å². The van der Waals surface area contributed by atoms with Crippen LogP contribution in [0.4, 0.5) is 5.95 Å². The number of benzene rings is 1. The Hall–Kier alpha value is -2.28. The molecular formula is C12H11N3O. The maximum absolute atomic E-state index is 11.4. The lowest BCUT2D eigenvalue weighted by atomic mass is 10.3. The highest BCUT2D eigenvalue weighted by molar-refractivity contribution is 5.91. The lowest BCUT2D eigenvalue weighted by Crippen LogP contribution is -2.11. The highest BCUT2D eigenvalue weighted by Gasteiger charge is 2.05. The van der Waals surface area contributed by atoms with Gasteiger partial charge in [0.2, 0.25) is 11.9 Å². The predicted octanol–water partition coefficient (Wildman–Crippen LogP) is 1.91. The van der Waals surface area contributed by atoms with E-state index >= 15 is 0 Å². The third-order valence-electron chi connectivity index (χ3n) is 2.14. The van der Waals surface area contributed by atoms with Gasteiger partial charge >= 0.3 is 0 Å². The third-order valence-corrected chi connectivity index (χ3v) is 2.14. The largest absolute Gasteiger partial charge is 0.324 e. The van der Waals surface area contributed by atoms with Crippen LogP contribution in [0.3, 0.4) is 0 Å². The number of carbonyl (C=O) groups excluding carboxylic acids is 1. The van der Waals surface area contributed by atoms with E-state index in [1.54, 1.807) is 0 Å². The Morgan fingerprint density at radius 2 is 2.31 bits per heavy atom. The second-order valence-corrected chi connectivity index (χ2v) is 3.35. The van der Waals surface area contributed by atoms with Crippen molar-refractivity contribution in [1.29, 1.82) is 0 Å². The van der Waals surface area contributed by atoms with Crippen molar-refractivity contribution in [2.45, 2.75) is 12.8 Å². The van der Waals surface area contributed by atoms with E-state index in [4.69, 9.17) is 6.42 Å². The summed E-state index contributed by atoms with van der Waals surface area (Å²) < 4.78 is 0. The molecule has 1 heterocycles. The number of terminal acetylenes is 1. The number of anilines is 1. The van der Waals surface area contributed by atoms with E-state index in [0.29, 0.717) is 18.8 Å². The van der Waals surface area contributed by atoms with Gasteiger partial charge in [0.05, 0.1) is 11.0 Å². The molecule has 0 aliphatic rings. The SMILES string of the molecule is C#CCCC(=O)Nc1nc2ccccc2[nH]1. The summed E-state index contributed by atoms with van der Waals surface area (Å²) in [7, 11) is 0. The summed E-state index contributed by atoms with van der Waals surface area (Å²) in [5, 5.41) is 2.66. The van der Waals surface area contributed by atoms with Gasteiger partial charge in [-0.3, -0.25) is 10.1 Å². The maximum atomic E-state index is 11.4. The zero-order chi connectivity index (χ0) is 11.4. The summed E-state index contributed by atoms with van der Waals surface area (Å²) in [5.41, 5.74) is 1.73. The normalized spacial score (nSPS) is 9.94. The molecule has 1 aromatic heterocycles.